The maximum absolute atomic E-state index is 13.8. The standard InChI is InChI=1S/C32H41N3O4S/c1-4-22-33-32(37)30(24-27-13-8-6-9-14-27)34(25-28-15-10-7-11-16-28)31(36)17-12-23-35(40(3,38)39)29-20-18-26(5-2)19-21-29/h6-11,13-16,18-21,30H,4-5,12,17,22-25H2,1-3H3,(H,33,37)/t30-/m0/s1. The molecule has 0 aromatic heterocycles. The van der Waals surface area contributed by atoms with E-state index in [1.165, 1.54) is 10.6 Å². The molecule has 0 fully saturated rings. The lowest BCUT2D eigenvalue weighted by atomic mass is 10.0. The number of aryl methyl sites for hydroxylation is 1. The lowest BCUT2D eigenvalue weighted by molar-refractivity contribution is -0.141. The Balaban J connectivity index is 1.83. The van der Waals surface area contributed by atoms with Crippen molar-refractivity contribution in [3.05, 3.63) is 102 Å². The van der Waals surface area contributed by atoms with Gasteiger partial charge in [-0.3, -0.25) is 13.9 Å². The van der Waals surface area contributed by atoms with Gasteiger partial charge in [0, 0.05) is 32.5 Å². The average molecular weight is 564 g/mol. The van der Waals surface area contributed by atoms with E-state index in [1.54, 1.807) is 17.0 Å². The third kappa shape index (κ3) is 9.23. The van der Waals surface area contributed by atoms with Crippen molar-refractivity contribution in [2.24, 2.45) is 0 Å². The number of anilines is 1. The van der Waals surface area contributed by atoms with Gasteiger partial charge in [-0.15, -0.1) is 0 Å². The van der Waals surface area contributed by atoms with E-state index in [-0.39, 0.29) is 31.3 Å². The van der Waals surface area contributed by atoms with E-state index in [0.717, 1.165) is 29.5 Å². The Hall–Kier alpha value is -3.65. The van der Waals surface area contributed by atoms with Gasteiger partial charge in [0.2, 0.25) is 21.8 Å². The number of hydrogen-bond donors (Lipinski definition) is 1. The monoisotopic (exact) mass is 563 g/mol. The first kappa shape index (κ1) is 30.9. The van der Waals surface area contributed by atoms with E-state index in [9.17, 15) is 18.0 Å². The molecule has 0 unspecified atom stereocenters. The zero-order chi connectivity index (χ0) is 29.0. The second-order valence-corrected chi connectivity index (χ2v) is 11.9. The van der Waals surface area contributed by atoms with Gasteiger partial charge < -0.3 is 10.2 Å². The molecule has 3 aromatic carbocycles. The van der Waals surface area contributed by atoms with Crippen LogP contribution in [-0.2, 0) is 39.0 Å². The molecule has 0 aliphatic rings. The molecule has 40 heavy (non-hydrogen) atoms. The Morgan fingerprint density at radius 1 is 0.825 bits per heavy atom. The van der Waals surface area contributed by atoms with Crippen LogP contribution in [0.2, 0.25) is 0 Å². The Bertz CT molecular complexity index is 1310. The number of nitrogens with zero attached hydrogens (tertiary/aromatic N) is 2. The Morgan fingerprint density at radius 2 is 1.43 bits per heavy atom. The molecule has 2 amide bonds. The van der Waals surface area contributed by atoms with Gasteiger partial charge in [-0.25, -0.2) is 8.42 Å². The number of amides is 2. The van der Waals surface area contributed by atoms with Crippen molar-refractivity contribution < 1.29 is 18.0 Å². The lowest BCUT2D eigenvalue weighted by Gasteiger charge is -2.32. The van der Waals surface area contributed by atoms with E-state index < -0.39 is 16.1 Å². The number of hydrogen-bond acceptors (Lipinski definition) is 4. The molecule has 214 valence electrons. The minimum absolute atomic E-state index is 0.109. The van der Waals surface area contributed by atoms with Crippen LogP contribution in [0.5, 0.6) is 0 Å². The minimum Gasteiger partial charge on any atom is -0.354 e. The Labute approximate surface area is 239 Å². The molecule has 8 heteroatoms. The summed E-state index contributed by atoms with van der Waals surface area (Å²) in [4.78, 5) is 28.8. The summed E-state index contributed by atoms with van der Waals surface area (Å²) in [6, 6.07) is 26.0. The highest BCUT2D eigenvalue weighted by atomic mass is 32.2. The molecule has 0 heterocycles. The number of rotatable bonds is 15. The summed E-state index contributed by atoms with van der Waals surface area (Å²) in [6.07, 6.45) is 3.64. The van der Waals surface area contributed by atoms with Crippen LogP contribution in [0.1, 0.15) is 49.8 Å². The summed E-state index contributed by atoms with van der Waals surface area (Å²) in [6.45, 7) is 5.01. The predicted octanol–water partition coefficient (Wildman–Crippen LogP) is 4.96. The largest absolute Gasteiger partial charge is 0.354 e. The van der Waals surface area contributed by atoms with Crippen molar-refractivity contribution in [2.75, 3.05) is 23.7 Å². The van der Waals surface area contributed by atoms with Gasteiger partial charge in [-0.2, -0.15) is 0 Å². The van der Waals surface area contributed by atoms with Gasteiger partial charge in [0.05, 0.1) is 11.9 Å². The molecular formula is C32H41N3O4S. The highest BCUT2D eigenvalue weighted by molar-refractivity contribution is 7.92. The van der Waals surface area contributed by atoms with Crippen molar-refractivity contribution in [1.82, 2.24) is 10.2 Å². The fourth-order valence-electron chi connectivity index (χ4n) is 4.60. The Morgan fingerprint density at radius 3 is 1.98 bits per heavy atom. The second kappa shape index (κ2) is 15.2. The molecular weight excluding hydrogens is 522 g/mol. The van der Waals surface area contributed by atoms with Crippen molar-refractivity contribution in [3.63, 3.8) is 0 Å². The molecule has 3 aromatic rings. The number of carbonyl (C=O) groups is 2. The van der Waals surface area contributed by atoms with E-state index in [0.29, 0.717) is 25.1 Å². The summed E-state index contributed by atoms with van der Waals surface area (Å²) in [5.41, 5.74) is 3.58. The van der Waals surface area contributed by atoms with E-state index in [1.807, 2.05) is 86.6 Å². The first-order valence-electron chi connectivity index (χ1n) is 13.9. The van der Waals surface area contributed by atoms with Crippen LogP contribution in [0.3, 0.4) is 0 Å². The molecule has 1 N–H and O–H groups in total. The average Bonchev–Trinajstić information content (AvgIpc) is 2.96. The topological polar surface area (TPSA) is 86.8 Å². The van der Waals surface area contributed by atoms with Gasteiger partial charge in [-0.1, -0.05) is 86.6 Å². The third-order valence-corrected chi connectivity index (χ3v) is 7.99. The highest BCUT2D eigenvalue weighted by Gasteiger charge is 2.30. The molecule has 3 rings (SSSR count). The second-order valence-electron chi connectivity index (χ2n) is 9.96. The summed E-state index contributed by atoms with van der Waals surface area (Å²) in [5.74, 6) is -0.380. The van der Waals surface area contributed by atoms with E-state index >= 15 is 0 Å². The molecule has 1 atom stereocenters. The van der Waals surface area contributed by atoms with Crippen molar-refractivity contribution in [2.45, 2.75) is 58.5 Å². The molecule has 0 saturated heterocycles. The predicted molar refractivity (Wildman–Crippen MR) is 161 cm³/mol. The smallest absolute Gasteiger partial charge is 0.243 e. The van der Waals surface area contributed by atoms with E-state index in [4.69, 9.17) is 0 Å². The normalized spacial score (nSPS) is 12.0. The fraction of sp³-hybridized carbons (Fsp3) is 0.375. The number of nitrogens with one attached hydrogen (secondary N) is 1. The molecule has 0 spiro atoms. The van der Waals surface area contributed by atoms with Crippen molar-refractivity contribution in [1.29, 1.82) is 0 Å². The summed E-state index contributed by atoms with van der Waals surface area (Å²) in [5, 5.41) is 2.98. The third-order valence-electron chi connectivity index (χ3n) is 6.80. The van der Waals surface area contributed by atoms with Gasteiger partial charge in [0.25, 0.3) is 0 Å². The van der Waals surface area contributed by atoms with Gasteiger partial charge in [0.15, 0.2) is 0 Å². The molecule has 0 aliphatic heterocycles. The van der Waals surface area contributed by atoms with Crippen LogP contribution in [0, 0.1) is 0 Å². The van der Waals surface area contributed by atoms with Crippen LogP contribution in [-0.4, -0.2) is 50.5 Å². The summed E-state index contributed by atoms with van der Waals surface area (Å²) >= 11 is 0. The molecule has 0 radical (unpaired) electrons. The van der Waals surface area contributed by atoms with Crippen LogP contribution in [0.25, 0.3) is 0 Å². The minimum atomic E-state index is -3.54. The number of benzene rings is 3. The van der Waals surface area contributed by atoms with Gasteiger partial charge >= 0.3 is 0 Å². The highest BCUT2D eigenvalue weighted by Crippen LogP contribution is 2.21. The van der Waals surface area contributed by atoms with Gasteiger partial charge in [0.1, 0.15) is 6.04 Å². The number of carbonyl (C=O) groups excluding carboxylic acids is 2. The first-order valence-corrected chi connectivity index (χ1v) is 15.8. The summed E-state index contributed by atoms with van der Waals surface area (Å²) in [7, 11) is -3.54. The van der Waals surface area contributed by atoms with Crippen molar-refractivity contribution in [3.8, 4) is 0 Å². The Kier molecular flexibility index (Phi) is 11.8. The van der Waals surface area contributed by atoms with Gasteiger partial charge in [-0.05, 0) is 48.1 Å². The van der Waals surface area contributed by atoms with Crippen LogP contribution in [0.4, 0.5) is 5.69 Å². The zero-order valence-corrected chi connectivity index (χ0v) is 24.6. The van der Waals surface area contributed by atoms with Crippen LogP contribution in [0.15, 0.2) is 84.9 Å². The zero-order valence-electron chi connectivity index (χ0n) is 23.8. The molecule has 0 aliphatic carbocycles. The SMILES string of the molecule is CCCNC(=O)[C@H](Cc1ccccc1)N(Cc1ccccc1)C(=O)CCCN(c1ccc(CC)cc1)S(C)(=O)=O. The van der Waals surface area contributed by atoms with Crippen molar-refractivity contribution >= 4 is 27.5 Å². The lowest BCUT2D eigenvalue weighted by Crippen LogP contribution is -2.50. The maximum Gasteiger partial charge on any atom is 0.243 e. The quantitative estimate of drug-likeness (QED) is 0.283. The van der Waals surface area contributed by atoms with E-state index in [2.05, 4.69) is 5.32 Å². The maximum atomic E-state index is 13.8. The first-order chi connectivity index (χ1) is 19.2. The molecule has 0 saturated carbocycles. The molecule has 7 nitrogen and oxygen atoms in total. The van der Waals surface area contributed by atoms with Crippen LogP contribution < -0.4 is 9.62 Å². The number of sulfonamides is 1. The molecule has 0 bridgehead atoms. The fourth-order valence-corrected chi connectivity index (χ4v) is 5.57. The summed E-state index contributed by atoms with van der Waals surface area (Å²) < 4.78 is 26.6. The van der Waals surface area contributed by atoms with Crippen LogP contribution >= 0.6 is 0 Å².